The minimum absolute atomic E-state index is 0.0524. The van der Waals surface area contributed by atoms with Gasteiger partial charge in [0.25, 0.3) is 5.91 Å². The molecule has 1 heterocycles. The second-order valence-electron chi connectivity index (χ2n) is 7.37. The Hall–Kier alpha value is -4.05. The zero-order chi connectivity index (χ0) is 24.8. The molecule has 0 radical (unpaired) electrons. The number of pyridine rings is 1. The highest BCUT2D eigenvalue weighted by atomic mass is 19.1. The number of hydroxylamine groups is 2. The largest absolute Gasteiger partial charge is 0.503 e. The topological polar surface area (TPSA) is 101 Å². The third-order valence-electron chi connectivity index (χ3n) is 4.99. The zero-order valence-corrected chi connectivity index (χ0v) is 18.7. The van der Waals surface area contributed by atoms with Crippen molar-refractivity contribution in [2.45, 2.75) is 19.0 Å². The fourth-order valence-corrected chi connectivity index (χ4v) is 3.27. The Bertz CT molecular complexity index is 1110. The summed E-state index contributed by atoms with van der Waals surface area (Å²) in [7, 11) is 2.81. The first kappa shape index (κ1) is 24.6. The van der Waals surface area contributed by atoms with Gasteiger partial charge >= 0.3 is 5.97 Å². The number of amides is 1. The first-order valence-corrected chi connectivity index (χ1v) is 10.2. The van der Waals surface area contributed by atoms with Gasteiger partial charge < -0.3 is 20.0 Å². The summed E-state index contributed by atoms with van der Waals surface area (Å²) in [4.78, 5) is 34.4. The van der Waals surface area contributed by atoms with Crippen LogP contribution < -0.4 is 10.1 Å². The molecule has 8 nitrogen and oxygen atoms in total. The molecule has 1 atom stereocenters. The summed E-state index contributed by atoms with van der Waals surface area (Å²) in [5.41, 5.74) is 0.860. The molecule has 1 aromatic heterocycles. The molecule has 0 aliphatic heterocycles. The molecule has 0 spiro atoms. The Balaban J connectivity index is 1.76. The van der Waals surface area contributed by atoms with Gasteiger partial charge in [-0.3, -0.25) is 4.79 Å². The molecule has 0 bridgehead atoms. The first-order chi connectivity index (χ1) is 16.2. The van der Waals surface area contributed by atoms with E-state index < -0.39 is 41.3 Å². The summed E-state index contributed by atoms with van der Waals surface area (Å²) in [5, 5.41) is 13.7. The quantitative estimate of drug-likeness (QED) is 0.486. The molecule has 0 fully saturated rings. The number of methoxy groups -OCH3 is 1. The van der Waals surface area contributed by atoms with Crippen LogP contribution >= 0.6 is 0 Å². The maximum Gasteiger partial charge on any atom is 0.347 e. The Morgan fingerprint density at radius 1 is 1.00 bits per heavy atom. The average Bonchev–Trinajstić information content (AvgIpc) is 2.81. The number of hydrogen-bond acceptors (Lipinski definition) is 7. The van der Waals surface area contributed by atoms with Gasteiger partial charge in [-0.2, -0.15) is 0 Å². The number of carbonyl (C=O) groups excluding carboxylic acids is 2. The molecular formula is C24H23F2N3O5. The van der Waals surface area contributed by atoms with Crippen LogP contribution in [0.1, 0.15) is 34.6 Å². The van der Waals surface area contributed by atoms with Crippen molar-refractivity contribution in [3.05, 3.63) is 89.2 Å². The normalized spacial score (nSPS) is 11.9. The molecule has 0 aliphatic carbocycles. The van der Waals surface area contributed by atoms with E-state index in [2.05, 4.69) is 10.3 Å². The fraction of sp³-hybridized carbons (Fsp3) is 0.208. The summed E-state index contributed by atoms with van der Waals surface area (Å²) in [5.74, 6) is -2.91. The van der Waals surface area contributed by atoms with E-state index in [0.717, 1.165) is 0 Å². The van der Waals surface area contributed by atoms with Crippen LogP contribution in [0.3, 0.4) is 0 Å². The van der Waals surface area contributed by atoms with Gasteiger partial charge in [0.2, 0.25) is 0 Å². The molecule has 10 heteroatoms. The van der Waals surface area contributed by atoms with Crippen molar-refractivity contribution in [1.82, 2.24) is 15.4 Å². The minimum Gasteiger partial charge on any atom is -0.503 e. The Kier molecular flexibility index (Phi) is 7.75. The predicted molar refractivity (Wildman–Crippen MR) is 118 cm³/mol. The summed E-state index contributed by atoms with van der Waals surface area (Å²) in [6.45, 7) is 1.40. The van der Waals surface area contributed by atoms with Crippen LogP contribution in [0.4, 0.5) is 8.78 Å². The molecule has 3 rings (SSSR count). The second-order valence-corrected chi connectivity index (χ2v) is 7.37. The zero-order valence-electron chi connectivity index (χ0n) is 18.7. The SMILES string of the molecule is COc1ccnc(C(=O)NC(C)C(=O)ON(C)C(c2ccc(F)cc2)c2ccc(F)cc2)c1O. The van der Waals surface area contributed by atoms with Gasteiger partial charge in [-0.05, 0) is 42.3 Å². The van der Waals surface area contributed by atoms with E-state index >= 15 is 0 Å². The van der Waals surface area contributed by atoms with Crippen LogP contribution in [-0.2, 0) is 9.63 Å². The summed E-state index contributed by atoms with van der Waals surface area (Å²) >= 11 is 0. The van der Waals surface area contributed by atoms with Crippen molar-refractivity contribution in [3.63, 3.8) is 0 Å². The maximum atomic E-state index is 13.4. The van der Waals surface area contributed by atoms with Crippen molar-refractivity contribution in [2.24, 2.45) is 0 Å². The second kappa shape index (κ2) is 10.7. The maximum absolute atomic E-state index is 13.4. The van der Waals surface area contributed by atoms with Crippen molar-refractivity contribution in [2.75, 3.05) is 14.2 Å². The van der Waals surface area contributed by atoms with Crippen LogP contribution in [0.15, 0.2) is 60.8 Å². The van der Waals surface area contributed by atoms with E-state index in [1.807, 2.05) is 0 Å². The Labute approximate surface area is 194 Å². The highest BCUT2D eigenvalue weighted by Gasteiger charge is 2.27. The lowest BCUT2D eigenvalue weighted by molar-refractivity contribution is -0.193. The highest BCUT2D eigenvalue weighted by Crippen LogP contribution is 2.29. The molecule has 2 N–H and O–H groups in total. The van der Waals surface area contributed by atoms with E-state index in [1.165, 1.54) is 86.9 Å². The van der Waals surface area contributed by atoms with Crippen LogP contribution in [-0.4, -0.2) is 47.2 Å². The minimum atomic E-state index is -1.12. The third kappa shape index (κ3) is 5.65. The number of aromatic hydroxyl groups is 1. The molecule has 1 amide bonds. The lowest BCUT2D eigenvalue weighted by Crippen LogP contribution is -2.42. The summed E-state index contributed by atoms with van der Waals surface area (Å²) in [6.07, 6.45) is 1.28. The number of benzene rings is 2. The van der Waals surface area contributed by atoms with Crippen LogP contribution in [0.25, 0.3) is 0 Å². The predicted octanol–water partition coefficient (Wildman–Crippen LogP) is 3.37. The van der Waals surface area contributed by atoms with E-state index in [4.69, 9.17) is 9.57 Å². The first-order valence-electron chi connectivity index (χ1n) is 10.2. The molecule has 1 unspecified atom stereocenters. The molecule has 34 heavy (non-hydrogen) atoms. The third-order valence-corrected chi connectivity index (χ3v) is 4.99. The van der Waals surface area contributed by atoms with E-state index in [1.54, 1.807) is 0 Å². The lowest BCUT2D eigenvalue weighted by atomic mass is 9.98. The molecule has 3 aromatic rings. The average molecular weight is 471 g/mol. The van der Waals surface area contributed by atoms with Crippen LogP contribution in [0.5, 0.6) is 11.5 Å². The smallest absolute Gasteiger partial charge is 0.347 e. The van der Waals surface area contributed by atoms with Crippen LogP contribution in [0, 0.1) is 11.6 Å². The summed E-state index contributed by atoms with van der Waals surface area (Å²) in [6, 6.07) is 10.7. The number of aromatic nitrogens is 1. The fourth-order valence-electron chi connectivity index (χ4n) is 3.27. The van der Waals surface area contributed by atoms with Crippen LogP contribution in [0.2, 0.25) is 0 Å². The number of hydrogen-bond donors (Lipinski definition) is 2. The number of nitrogens with one attached hydrogen (secondary N) is 1. The van der Waals surface area contributed by atoms with Gasteiger partial charge in [0.1, 0.15) is 17.7 Å². The number of rotatable bonds is 8. The van der Waals surface area contributed by atoms with E-state index in [0.29, 0.717) is 11.1 Å². The monoisotopic (exact) mass is 471 g/mol. The van der Waals surface area contributed by atoms with E-state index in [9.17, 15) is 23.5 Å². The van der Waals surface area contributed by atoms with Gasteiger partial charge in [0, 0.05) is 19.3 Å². The number of ether oxygens (including phenoxy) is 1. The Morgan fingerprint density at radius 2 is 1.53 bits per heavy atom. The number of nitrogens with zero attached hydrogens (tertiary/aromatic N) is 2. The van der Waals surface area contributed by atoms with Gasteiger partial charge in [-0.15, -0.1) is 5.06 Å². The standard InChI is InChI=1S/C24H23F2N3O5/c1-14(28-23(31)20-22(30)19(33-3)12-13-27-20)24(32)34-29(2)21(15-4-8-17(25)9-5-15)16-6-10-18(26)11-7-16/h4-14,21,30H,1-3H3,(H,28,31). The van der Waals surface area contributed by atoms with Crippen molar-refractivity contribution >= 4 is 11.9 Å². The Morgan fingerprint density at radius 3 is 2.03 bits per heavy atom. The van der Waals surface area contributed by atoms with Gasteiger partial charge in [-0.1, -0.05) is 24.3 Å². The molecule has 0 saturated carbocycles. The number of carbonyl (C=O) groups is 2. The van der Waals surface area contributed by atoms with Gasteiger partial charge in [0.05, 0.1) is 13.2 Å². The molecule has 178 valence electrons. The summed E-state index contributed by atoms with van der Waals surface area (Å²) < 4.78 is 31.8. The molecule has 0 aliphatic rings. The van der Waals surface area contributed by atoms with Gasteiger partial charge in [0.15, 0.2) is 17.2 Å². The van der Waals surface area contributed by atoms with Crippen molar-refractivity contribution < 1.29 is 33.1 Å². The highest BCUT2D eigenvalue weighted by molar-refractivity contribution is 5.97. The van der Waals surface area contributed by atoms with E-state index in [-0.39, 0.29) is 11.4 Å². The van der Waals surface area contributed by atoms with Gasteiger partial charge in [-0.25, -0.2) is 18.6 Å². The lowest BCUT2D eigenvalue weighted by Gasteiger charge is -2.28. The molecule has 2 aromatic carbocycles. The van der Waals surface area contributed by atoms with Crippen molar-refractivity contribution in [1.29, 1.82) is 0 Å². The number of halogens is 2. The molecular weight excluding hydrogens is 448 g/mol. The molecule has 0 saturated heterocycles. The van der Waals surface area contributed by atoms with Crippen molar-refractivity contribution in [3.8, 4) is 11.5 Å².